The Labute approximate surface area is 91.3 Å². The molecular weight excluding hydrogens is 264 g/mol. The van der Waals surface area contributed by atoms with Crippen LogP contribution in [0.3, 0.4) is 0 Å². The standard InChI is InChI=1S/C6H5O8S2/c7-15(8,9)13-5-3-1-2-4-6(5)14-16(10,11)12/h1,3-4H,(H,7,8,9)(H,10,11,12). The molecule has 0 aromatic heterocycles. The van der Waals surface area contributed by atoms with E-state index in [1.165, 1.54) is 6.07 Å². The van der Waals surface area contributed by atoms with Crippen LogP contribution in [0.4, 0.5) is 0 Å². The van der Waals surface area contributed by atoms with E-state index in [-0.39, 0.29) is 0 Å². The lowest BCUT2D eigenvalue weighted by atomic mass is 10.3. The van der Waals surface area contributed by atoms with Gasteiger partial charge in [-0.1, -0.05) is 6.07 Å². The fourth-order valence-electron chi connectivity index (χ4n) is 0.762. The third-order valence-electron chi connectivity index (χ3n) is 1.18. The fourth-order valence-corrected chi connectivity index (χ4v) is 1.48. The molecule has 1 aromatic carbocycles. The van der Waals surface area contributed by atoms with Gasteiger partial charge in [-0.15, -0.1) is 0 Å². The van der Waals surface area contributed by atoms with Crippen molar-refractivity contribution in [3.8, 4) is 11.5 Å². The lowest BCUT2D eigenvalue weighted by molar-refractivity contribution is 0.361. The van der Waals surface area contributed by atoms with Gasteiger partial charge in [0.2, 0.25) is 0 Å². The van der Waals surface area contributed by atoms with Gasteiger partial charge in [-0.3, -0.25) is 9.11 Å². The van der Waals surface area contributed by atoms with Crippen LogP contribution in [0, 0.1) is 6.07 Å². The highest BCUT2D eigenvalue weighted by atomic mass is 32.3. The molecule has 0 amide bonds. The molecule has 0 aliphatic rings. The van der Waals surface area contributed by atoms with Crippen LogP contribution in [0.2, 0.25) is 0 Å². The summed E-state index contributed by atoms with van der Waals surface area (Å²) >= 11 is 0. The third kappa shape index (κ3) is 4.44. The summed E-state index contributed by atoms with van der Waals surface area (Å²) in [6.07, 6.45) is 0. The van der Waals surface area contributed by atoms with Crippen molar-refractivity contribution in [1.29, 1.82) is 0 Å². The molecule has 0 saturated heterocycles. The maximum atomic E-state index is 10.4. The van der Waals surface area contributed by atoms with Crippen LogP contribution >= 0.6 is 0 Å². The molecule has 16 heavy (non-hydrogen) atoms. The van der Waals surface area contributed by atoms with Gasteiger partial charge in [0.15, 0.2) is 11.5 Å². The molecule has 2 N–H and O–H groups in total. The van der Waals surface area contributed by atoms with Gasteiger partial charge in [0.05, 0.1) is 0 Å². The Hall–Kier alpha value is -1.36. The second kappa shape index (κ2) is 4.25. The summed E-state index contributed by atoms with van der Waals surface area (Å²) in [5, 5.41) is 0. The molecule has 1 radical (unpaired) electrons. The van der Waals surface area contributed by atoms with Crippen LogP contribution in [-0.4, -0.2) is 25.9 Å². The SMILES string of the molecule is O=S(=O)(O)Oc1c[c]ccc1OS(=O)(=O)O. The lowest BCUT2D eigenvalue weighted by Gasteiger charge is -2.06. The van der Waals surface area contributed by atoms with Crippen molar-refractivity contribution >= 4 is 20.8 Å². The fraction of sp³-hybridized carbons (Fsp3) is 0. The summed E-state index contributed by atoms with van der Waals surface area (Å²) in [4.78, 5) is 0. The summed E-state index contributed by atoms with van der Waals surface area (Å²) in [6.45, 7) is 0. The van der Waals surface area contributed by atoms with Crippen molar-refractivity contribution in [2.24, 2.45) is 0 Å². The predicted molar refractivity (Wildman–Crippen MR) is 49.6 cm³/mol. The van der Waals surface area contributed by atoms with Crippen molar-refractivity contribution in [2.75, 3.05) is 0 Å². The molecule has 0 spiro atoms. The van der Waals surface area contributed by atoms with Crippen molar-refractivity contribution in [3.63, 3.8) is 0 Å². The summed E-state index contributed by atoms with van der Waals surface area (Å²) < 4.78 is 66.2. The lowest BCUT2D eigenvalue weighted by Crippen LogP contribution is -2.11. The molecular formula is C6H5O8S2. The van der Waals surface area contributed by atoms with E-state index < -0.39 is 32.3 Å². The van der Waals surface area contributed by atoms with E-state index in [2.05, 4.69) is 14.4 Å². The number of hydrogen-bond donors (Lipinski definition) is 2. The van der Waals surface area contributed by atoms with Gasteiger partial charge >= 0.3 is 20.8 Å². The minimum atomic E-state index is -4.83. The van der Waals surface area contributed by atoms with E-state index in [1.54, 1.807) is 0 Å². The maximum Gasteiger partial charge on any atom is 0.446 e. The van der Waals surface area contributed by atoms with Crippen molar-refractivity contribution < 1.29 is 34.3 Å². The van der Waals surface area contributed by atoms with Crippen LogP contribution < -0.4 is 8.37 Å². The highest BCUT2D eigenvalue weighted by Gasteiger charge is 2.16. The first kappa shape index (κ1) is 12.7. The van der Waals surface area contributed by atoms with Crippen LogP contribution in [0.5, 0.6) is 11.5 Å². The van der Waals surface area contributed by atoms with E-state index in [9.17, 15) is 16.8 Å². The monoisotopic (exact) mass is 269 g/mol. The number of benzene rings is 1. The molecule has 0 aliphatic heterocycles. The van der Waals surface area contributed by atoms with Crippen molar-refractivity contribution in [1.82, 2.24) is 0 Å². The first-order chi connectivity index (χ1) is 7.17. The number of rotatable bonds is 4. The summed E-state index contributed by atoms with van der Waals surface area (Å²) in [5.41, 5.74) is 0. The van der Waals surface area contributed by atoms with E-state index in [4.69, 9.17) is 9.11 Å². The van der Waals surface area contributed by atoms with Crippen LogP contribution in [0.15, 0.2) is 18.2 Å². The molecule has 10 heteroatoms. The maximum absolute atomic E-state index is 10.4. The average molecular weight is 269 g/mol. The van der Waals surface area contributed by atoms with Gasteiger partial charge in [0.25, 0.3) is 0 Å². The van der Waals surface area contributed by atoms with E-state index in [0.717, 1.165) is 12.1 Å². The van der Waals surface area contributed by atoms with Gasteiger partial charge in [0, 0.05) is 0 Å². The predicted octanol–water partition coefficient (Wildman–Crippen LogP) is -0.150. The van der Waals surface area contributed by atoms with E-state index in [1.807, 2.05) is 0 Å². The highest BCUT2D eigenvalue weighted by Crippen LogP contribution is 2.28. The summed E-state index contributed by atoms with van der Waals surface area (Å²) in [6, 6.07) is 5.39. The molecule has 0 bridgehead atoms. The zero-order valence-electron chi connectivity index (χ0n) is 7.39. The summed E-state index contributed by atoms with van der Waals surface area (Å²) in [7, 11) is -9.66. The molecule has 1 aromatic rings. The second-order valence-corrected chi connectivity index (χ2v) is 4.44. The average Bonchev–Trinajstić information content (AvgIpc) is 2.03. The van der Waals surface area contributed by atoms with Gasteiger partial charge in [-0.05, 0) is 18.2 Å². The van der Waals surface area contributed by atoms with Gasteiger partial charge in [-0.25, -0.2) is 0 Å². The summed E-state index contributed by atoms with van der Waals surface area (Å²) in [5.74, 6) is -1.25. The largest absolute Gasteiger partial charge is 0.446 e. The Morgan fingerprint density at radius 3 is 2.00 bits per heavy atom. The molecule has 1 rings (SSSR count). The normalized spacial score (nSPS) is 12.1. The van der Waals surface area contributed by atoms with Gasteiger partial charge in [-0.2, -0.15) is 16.8 Å². The van der Waals surface area contributed by atoms with E-state index in [0.29, 0.717) is 0 Å². The topological polar surface area (TPSA) is 127 Å². The van der Waals surface area contributed by atoms with Crippen LogP contribution in [-0.2, 0) is 20.8 Å². The minimum absolute atomic E-state index is 0.612. The zero-order chi connectivity index (χ0) is 12.4. The Kier molecular flexibility index (Phi) is 3.38. The van der Waals surface area contributed by atoms with Crippen molar-refractivity contribution in [2.45, 2.75) is 0 Å². The first-order valence-electron chi connectivity index (χ1n) is 3.51. The molecule has 0 heterocycles. The third-order valence-corrected chi connectivity index (χ3v) is 1.96. The smallest absolute Gasteiger partial charge is 0.358 e. The first-order valence-corrected chi connectivity index (χ1v) is 6.24. The van der Waals surface area contributed by atoms with Gasteiger partial charge in [0.1, 0.15) is 0 Å². The molecule has 0 aliphatic carbocycles. The molecule has 8 nitrogen and oxygen atoms in total. The van der Waals surface area contributed by atoms with Gasteiger partial charge < -0.3 is 8.37 Å². The second-order valence-electron chi connectivity index (χ2n) is 2.39. The van der Waals surface area contributed by atoms with Crippen LogP contribution in [0.25, 0.3) is 0 Å². The Morgan fingerprint density at radius 2 is 1.50 bits per heavy atom. The quantitative estimate of drug-likeness (QED) is 0.722. The molecule has 0 unspecified atom stereocenters. The van der Waals surface area contributed by atoms with Crippen LogP contribution in [0.1, 0.15) is 0 Å². The zero-order valence-corrected chi connectivity index (χ0v) is 9.03. The van der Waals surface area contributed by atoms with Crippen molar-refractivity contribution in [3.05, 3.63) is 24.3 Å². The Morgan fingerprint density at radius 1 is 1.00 bits per heavy atom. The Balaban J connectivity index is 3.11. The minimum Gasteiger partial charge on any atom is -0.358 e. The number of hydrogen-bond acceptors (Lipinski definition) is 6. The Bertz CT molecular complexity index is 519. The molecule has 89 valence electrons. The molecule has 0 fully saturated rings. The molecule has 0 saturated carbocycles. The van der Waals surface area contributed by atoms with E-state index >= 15 is 0 Å². The molecule has 0 atom stereocenters. The highest BCUT2D eigenvalue weighted by molar-refractivity contribution is 7.81.